The molecule has 1 aromatic rings. The normalized spacial score (nSPS) is 15.7. The van der Waals surface area contributed by atoms with E-state index in [2.05, 4.69) is 4.90 Å². The minimum Gasteiger partial charge on any atom is -0.450 e. The van der Waals surface area contributed by atoms with Crippen LogP contribution in [0.4, 0.5) is 10.5 Å². The molecule has 0 spiro atoms. The molecule has 1 aromatic carbocycles. The number of anilines is 1. The van der Waals surface area contributed by atoms with Gasteiger partial charge in [-0.15, -0.1) is 0 Å². The molecule has 1 heterocycles. The average Bonchev–Trinajstić information content (AvgIpc) is 2.55. The molecule has 1 aliphatic heterocycles. The minimum absolute atomic E-state index is 0.102. The molecule has 0 aliphatic carbocycles. The maximum absolute atomic E-state index is 11.8. The Hall–Kier alpha value is -1.76. The molecule has 0 aromatic heterocycles. The number of sulfone groups is 1. The lowest BCUT2D eigenvalue weighted by Crippen LogP contribution is -2.49. The van der Waals surface area contributed by atoms with Gasteiger partial charge >= 0.3 is 6.09 Å². The van der Waals surface area contributed by atoms with Crippen LogP contribution < -0.4 is 4.90 Å². The lowest BCUT2D eigenvalue weighted by molar-refractivity contribution is 0.105. The lowest BCUT2D eigenvalue weighted by Gasteiger charge is -2.35. The molecule has 0 N–H and O–H groups in total. The van der Waals surface area contributed by atoms with Crippen LogP contribution >= 0.6 is 0 Å². The predicted molar refractivity (Wildman–Crippen MR) is 85.0 cm³/mol. The largest absolute Gasteiger partial charge is 0.450 e. The first kappa shape index (κ1) is 16.6. The van der Waals surface area contributed by atoms with Crippen LogP contribution in [0, 0.1) is 0 Å². The number of nitrogens with zero attached hydrogens (tertiary/aromatic N) is 2. The van der Waals surface area contributed by atoms with E-state index in [1.54, 1.807) is 30.9 Å². The summed E-state index contributed by atoms with van der Waals surface area (Å²) >= 11 is 0. The molecule has 0 atom stereocenters. The molecule has 0 saturated carbocycles. The Morgan fingerprint density at radius 1 is 1.09 bits per heavy atom. The van der Waals surface area contributed by atoms with Gasteiger partial charge in [0.15, 0.2) is 9.84 Å². The minimum atomic E-state index is -3.16. The van der Waals surface area contributed by atoms with Gasteiger partial charge in [-0.05, 0) is 31.2 Å². The molecule has 1 amide bonds. The molecule has 22 heavy (non-hydrogen) atoms. The van der Waals surface area contributed by atoms with Crippen LogP contribution in [0.15, 0.2) is 29.2 Å². The predicted octanol–water partition coefficient (Wildman–Crippen LogP) is 1.76. The molecule has 0 radical (unpaired) electrons. The van der Waals surface area contributed by atoms with Crippen LogP contribution in [0.5, 0.6) is 0 Å². The summed E-state index contributed by atoms with van der Waals surface area (Å²) in [5, 5.41) is 0. The third kappa shape index (κ3) is 3.71. The van der Waals surface area contributed by atoms with Gasteiger partial charge in [-0.1, -0.05) is 6.92 Å². The first-order valence-electron chi connectivity index (χ1n) is 7.47. The Labute approximate surface area is 131 Å². The van der Waals surface area contributed by atoms with Crippen LogP contribution in [0.25, 0.3) is 0 Å². The number of hydrogen-bond donors (Lipinski definition) is 0. The van der Waals surface area contributed by atoms with Crippen molar-refractivity contribution >= 4 is 21.6 Å². The summed E-state index contributed by atoms with van der Waals surface area (Å²) in [5.41, 5.74) is 0.971. The van der Waals surface area contributed by atoms with Crippen molar-refractivity contribution in [3.63, 3.8) is 0 Å². The lowest BCUT2D eigenvalue weighted by atomic mass is 10.2. The van der Waals surface area contributed by atoms with E-state index in [1.807, 2.05) is 12.1 Å². The SMILES string of the molecule is CCOC(=O)N1CCN(c2ccc(S(=O)(=O)CC)cc2)CC1. The van der Waals surface area contributed by atoms with Gasteiger partial charge in [-0.25, -0.2) is 13.2 Å². The van der Waals surface area contributed by atoms with E-state index in [0.717, 1.165) is 5.69 Å². The molecule has 6 nitrogen and oxygen atoms in total. The zero-order valence-corrected chi connectivity index (χ0v) is 13.8. The Morgan fingerprint density at radius 2 is 1.68 bits per heavy atom. The van der Waals surface area contributed by atoms with Crippen molar-refractivity contribution in [2.24, 2.45) is 0 Å². The Bertz CT molecular complexity index is 605. The average molecular weight is 326 g/mol. The second-order valence-electron chi connectivity index (χ2n) is 5.07. The first-order valence-corrected chi connectivity index (χ1v) is 9.12. The fraction of sp³-hybridized carbons (Fsp3) is 0.533. The topological polar surface area (TPSA) is 66.9 Å². The fourth-order valence-electron chi connectivity index (χ4n) is 2.39. The maximum Gasteiger partial charge on any atom is 0.409 e. The molecule has 0 bridgehead atoms. The van der Waals surface area contributed by atoms with Gasteiger partial charge in [0, 0.05) is 31.9 Å². The summed E-state index contributed by atoms with van der Waals surface area (Å²) in [6.45, 7) is 6.43. The zero-order valence-electron chi connectivity index (χ0n) is 13.0. The summed E-state index contributed by atoms with van der Waals surface area (Å²) in [5.74, 6) is 0.102. The Morgan fingerprint density at radius 3 is 2.18 bits per heavy atom. The molecule has 122 valence electrons. The highest BCUT2D eigenvalue weighted by atomic mass is 32.2. The number of benzene rings is 1. The summed E-state index contributed by atoms with van der Waals surface area (Å²) < 4.78 is 28.6. The van der Waals surface area contributed by atoms with Crippen LogP contribution in [0.2, 0.25) is 0 Å². The highest BCUT2D eigenvalue weighted by molar-refractivity contribution is 7.91. The molecule has 1 aliphatic rings. The third-order valence-electron chi connectivity index (χ3n) is 3.75. The number of piperazine rings is 1. The smallest absolute Gasteiger partial charge is 0.409 e. The van der Waals surface area contributed by atoms with Gasteiger partial charge in [-0.2, -0.15) is 0 Å². The zero-order chi connectivity index (χ0) is 16.2. The van der Waals surface area contributed by atoms with Crippen molar-refractivity contribution in [2.75, 3.05) is 43.4 Å². The van der Waals surface area contributed by atoms with Crippen molar-refractivity contribution in [1.82, 2.24) is 4.90 Å². The quantitative estimate of drug-likeness (QED) is 0.843. The van der Waals surface area contributed by atoms with Crippen molar-refractivity contribution in [1.29, 1.82) is 0 Å². The van der Waals surface area contributed by atoms with Crippen LogP contribution in [0.1, 0.15) is 13.8 Å². The number of hydrogen-bond acceptors (Lipinski definition) is 5. The van der Waals surface area contributed by atoms with Crippen molar-refractivity contribution < 1.29 is 17.9 Å². The molecular weight excluding hydrogens is 304 g/mol. The second-order valence-corrected chi connectivity index (χ2v) is 7.35. The van der Waals surface area contributed by atoms with Crippen molar-refractivity contribution in [3.8, 4) is 0 Å². The van der Waals surface area contributed by atoms with Gasteiger partial charge in [0.05, 0.1) is 17.3 Å². The third-order valence-corrected chi connectivity index (χ3v) is 5.50. The summed E-state index contributed by atoms with van der Waals surface area (Å²) in [4.78, 5) is 15.8. The van der Waals surface area contributed by atoms with E-state index in [-0.39, 0.29) is 11.8 Å². The van der Waals surface area contributed by atoms with Crippen LogP contribution in [-0.2, 0) is 14.6 Å². The monoisotopic (exact) mass is 326 g/mol. The van der Waals surface area contributed by atoms with E-state index >= 15 is 0 Å². The van der Waals surface area contributed by atoms with E-state index in [4.69, 9.17) is 4.74 Å². The Balaban J connectivity index is 1.99. The maximum atomic E-state index is 11.8. The number of carbonyl (C=O) groups is 1. The molecule has 1 fully saturated rings. The van der Waals surface area contributed by atoms with E-state index in [0.29, 0.717) is 37.7 Å². The van der Waals surface area contributed by atoms with Gasteiger partial charge < -0.3 is 14.5 Å². The summed E-state index contributed by atoms with van der Waals surface area (Å²) in [7, 11) is -3.16. The number of rotatable bonds is 4. The highest BCUT2D eigenvalue weighted by Gasteiger charge is 2.22. The number of carbonyl (C=O) groups excluding carboxylic acids is 1. The van der Waals surface area contributed by atoms with E-state index in [1.165, 1.54) is 0 Å². The molecule has 1 saturated heterocycles. The van der Waals surface area contributed by atoms with Gasteiger partial charge in [0.2, 0.25) is 0 Å². The summed E-state index contributed by atoms with van der Waals surface area (Å²) in [6, 6.07) is 6.93. The standard InChI is InChI=1S/C15H22N2O4S/c1-3-21-15(18)17-11-9-16(10-12-17)13-5-7-14(8-6-13)22(19,20)4-2/h5-8H,3-4,9-12H2,1-2H3. The summed E-state index contributed by atoms with van der Waals surface area (Å²) in [6.07, 6.45) is -0.272. The van der Waals surface area contributed by atoms with Gasteiger partial charge in [0.1, 0.15) is 0 Å². The van der Waals surface area contributed by atoms with Crippen molar-refractivity contribution in [3.05, 3.63) is 24.3 Å². The van der Waals surface area contributed by atoms with Gasteiger partial charge in [-0.3, -0.25) is 0 Å². The molecule has 0 unspecified atom stereocenters. The van der Waals surface area contributed by atoms with Crippen molar-refractivity contribution in [2.45, 2.75) is 18.7 Å². The van der Waals surface area contributed by atoms with E-state index in [9.17, 15) is 13.2 Å². The second kappa shape index (κ2) is 7.00. The van der Waals surface area contributed by atoms with Crippen LogP contribution in [-0.4, -0.2) is 57.9 Å². The molecule has 2 rings (SSSR count). The van der Waals surface area contributed by atoms with E-state index < -0.39 is 9.84 Å². The Kier molecular flexibility index (Phi) is 5.28. The number of ether oxygens (including phenoxy) is 1. The molecular formula is C15H22N2O4S. The fourth-order valence-corrected chi connectivity index (χ4v) is 3.28. The van der Waals surface area contributed by atoms with Gasteiger partial charge in [0.25, 0.3) is 0 Å². The van der Waals surface area contributed by atoms with Crippen LogP contribution in [0.3, 0.4) is 0 Å². The first-order chi connectivity index (χ1) is 10.5. The number of amides is 1. The highest BCUT2D eigenvalue weighted by Crippen LogP contribution is 2.20. The molecule has 7 heteroatoms.